The van der Waals surface area contributed by atoms with Gasteiger partial charge in [0.25, 0.3) is 11.8 Å². The third-order valence-electron chi connectivity index (χ3n) is 4.89. The highest BCUT2D eigenvalue weighted by Crippen LogP contribution is 2.28. The molecule has 30 heavy (non-hydrogen) atoms. The molecular formula is C23H18FN3O3. The lowest BCUT2D eigenvalue weighted by molar-refractivity contribution is -0.119. The van der Waals surface area contributed by atoms with E-state index in [2.05, 4.69) is 10.3 Å². The Morgan fingerprint density at radius 2 is 1.63 bits per heavy atom. The number of likely N-dealkylation sites (N-methyl/N-ethyl adjacent to an activating group) is 1. The smallest absolute Gasteiger partial charge is 0.272 e. The number of hydrogen-bond donors (Lipinski definition) is 2. The Morgan fingerprint density at radius 3 is 2.37 bits per heavy atom. The molecule has 1 atom stereocenters. The number of phenolic OH excluding ortho intramolecular Hbond substituents is 1. The average Bonchev–Trinajstić information content (AvgIpc) is 2.85. The van der Waals surface area contributed by atoms with Gasteiger partial charge in [-0.3, -0.25) is 9.59 Å². The van der Waals surface area contributed by atoms with E-state index in [1.54, 1.807) is 61.6 Å². The normalized spacial score (nSPS) is 15.8. The Balaban J connectivity index is 1.82. The summed E-state index contributed by atoms with van der Waals surface area (Å²) in [6.07, 6.45) is -1.30. The number of amides is 2. The van der Waals surface area contributed by atoms with E-state index in [1.807, 2.05) is 0 Å². The molecule has 0 radical (unpaired) electrons. The Kier molecular flexibility index (Phi) is 5.02. The van der Waals surface area contributed by atoms with Crippen molar-refractivity contribution in [2.24, 2.45) is 4.99 Å². The zero-order valence-electron chi connectivity index (χ0n) is 16.0. The van der Waals surface area contributed by atoms with Crippen LogP contribution in [0.15, 0.2) is 77.8 Å². The zero-order valence-corrected chi connectivity index (χ0v) is 16.0. The number of para-hydroxylation sites is 2. The van der Waals surface area contributed by atoms with Crippen molar-refractivity contribution >= 4 is 23.2 Å². The summed E-state index contributed by atoms with van der Waals surface area (Å²) >= 11 is 0. The van der Waals surface area contributed by atoms with Crippen LogP contribution in [0.4, 0.5) is 10.1 Å². The molecule has 0 aliphatic carbocycles. The van der Waals surface area contributed by atoms with Crippen LogP contribution in [0.25, 0.3) is 0 Å². The van der Waals surface area contributed by atoms with Gasteiger partial charge < -0.3 is 15.3 Å². The summed E-state index contributed by atoms with van der Waals surface area (Å²) in [6.45, 7) is 0. The molecule has 3 aromatic carbocycles. The predicted octanol–water partition coefficient (Wildman–Crippen LogP) is 3.10. The fourth-order valence-electron chi connectivity index (χ4n) is 3.35. The van der Waals surface area contributed by atoms with E-state index in [4.69, 9.17) is 0 Å². The molecule has 0 fully saturated rings. The molecule has 0 bridgehead atoms. The van der Waals surface area contributed by atoms with Gasteiger partial charge in [0.1, 0.15) is 11.6 Å². The number of anilines is 1. The van der Waals surface area contributed by atoms with Crippen LogP contribution < -0.4 is 10.2 Å². The van der Waals surface area contributed by atoms with E-state index < -0.39 is 23.8 Å². The van der Waals surface area contributed by atoms with E-state index >= 15 is 0 Å². The number of nitrogens with zero attached hydrogens (tertiary/aromatic N) is 2. The Morgan fingerprint density at radius 1 is 1.00 bits per heavy atom. The van der Waals surface area contributed by atoms with Crippen LogP contribution in [-0.2, 0) is 4.79 Å². The number of rotatable bonds is 3. The number of benzodiazepines with no additional fused rings is 1. The second-order valence-corrected chi connectivity index (χ2v) is 6.77. The lowest BCUT2D eigenvalue weighted by Crippen LogP contribution is -2.46. The van der Waals surface area contributed by atoms with Gasteiger partial charge >= 0.3 is 0 Å². The van der Waals surface area contributed by atoms with Crippen LogP contribution >= 0.6 is 0 Å². The first kappa shape index (κ1) is 19.3. The van der Waals surface area contributed by atoms with Crippen molar-refractivity contribution in [2.45, 2.75) is 6.17 Å². The van der Waals surface area contributed by atoms with Crippen molar-refractivity contribution in [3.8, 4) is 5.75 Å². The summed E-state index contributed by atoms with van der Waals surface area (Å²) in [4.78, 5) is 31.6. The highest BCUT2D eigenvalue weighted by molar-refractivity contribution is 6.20. The number of benzene rings is 3. The summed E-state index contributed by atoms with van der Waals surface area (Å²) in [7, 11) is 1.57. The van der Waals surface area contributed by atoms with Gasteiger partial charge in [0.05, 0.1) is 17.0 Å². The number of hydrogen-bond acceptors (Lipinski definition) is 4. The number of fused-ring (bicyclic) bond motifs is 1. The Bertz CT molecular complexity index is 1180. The molecule has 150 valence electrons. The predicted molar refractivity (Wildman–Crippen MR) is 111 cm³/mol. The topological polar surface area (TPSA) is 82.0 Å². The molecule has 6 nitrogen and oxygen atoms in total. The fraction of sp³-hybridized carbons (Fsp3) is 0.0870. The van der Waals surface area contributed by atoms with Crippen molar-refractivity contribution in [2.75, 3.05) is 11.9 Å². The lowest BCUT2D eigenvalue weighted by Gasteiger charge is -2.21. The van der Waals surface area contributed by atoms with Crippen molar-refractivity contribution in [1.82, 2.24) is 5.32 Å². The van der Waals surface area contributed by atoms with Gasteiger partial charge in [0.2, 0.25) is 6.17 Å². The number of halogens is 1. The van der Waals surface area contributed by atoms with Gasteiger partial charge in [0.15, 0.2) is 0 Å². The Labute approximate surface area is 172 Å². The number of aliphatic imine (C=N–C) groups is 1. The molecule has 0 saturated heterocycles. The number of phenols is 1. The van der Waals surface area contributed by atoms with E-state index in [9.17, 15) is 19.1 Å². The summed E-state index contributed by atoms with van der Waals surface area (Å²) in [5, 5.41) is 12.5. The minimum atomic E-state index is -1.30. The fourth-order valence-corrected chi connectivity index (χ4v) is 3.35. The van der Waals surface area contributed by atoms with Crippen molar-refractivity contribution in [1.29, 1.82) is 0 Å². The van der Waals surface area contributed by atoms with Crippen LogP contribution in [-0.4, -0.2) is 35.8 Å². The molecule has 0 spiro atoms. The van der Waals surface area contributed by atoms with E-state index in [1.165, 1.54) is 23.1 Å². The van der Waals surface area contributed by atoms with Crippen molar-refractivity contribution < 1.29 is 19.1 Å². The lowest BCUT2D eigenvalue weighted by atomic mass is 10.00. The Hall–Kier alpha value is -4.00. The van der Waals surface area contributed by atoms with Crippen LogP contribution in [0.5, 0.6) is 5.75 Å². The van der Waals surface area contributed by atoms with Gasteiger partial charge in [-0.2, -0.15) is 0 Å². The third kappa shape index (κ3) is 3.41. The molecule has 1 unspecified atom stereocenters. The standard InChI is InChI=1S/C23H18FN3O3/c1-27-18-12-6-3-9-15(18)20(14-8-2-5-11-17(14)24)25-21(23(27)30)26-22(29)16-10-4-7-13-19(16)28/h2-13,21,28H,1H3,(H,26,29). The molecule has 2 N–H and O–H groups in total. The minimum absolute atomic E-state index is 0.0114. The molecule has 4 rings (SSSR count). The van der Waals surface area contributed by atoms with Crippen LogP contribution in [0.2, 0.25) is 0 Å². The first-order valence-corrected chi connectivity index (χ1v) is 9.26. The molecule has 2 amide bonds. The molecule has 3 aromatic rings. The SMILES string of the molecule is CN1C(=O)C(NC(=O)c2ccccc2O)N=C(c2ccccc2F)c2ccccc21. The van der Waals surface area contributed by atoms with Crippen LogP contribution in [0.3, 0.4) is 0 Å². The van der Waals surface area contributed by atoms with Crippen molar-refractivity contribution in [3.05, 3.63) is 95.3 Å². The molecular weight excluding hydrogens is 385 g/mol. The summed E-state index contributed by atoms with van der Waals surface area (Å²) < 4.78 is 14.6. The van der Waals surface area contributed by atoms with E-state index in [-0.39, 0.29) is 22.6 Å². The number of aromatic hydroxyl groups is 1. The van der Waals surface area contributed by atoms with Crippen molar-refractivity contribution in [3.63, 3.8) is 0 Å². The minimum Gasteiger partial charge on any atom is -0.507 e. The maximum absolute atomic E-state index is 14.6. The second kappa shape index (κ2) is 7.79. The van der Waals surface area contributed by atoms with E-state index in [0.29, 0.717) is 11.3 Å². The second-order valence-electron chi connectivity index (χ2n) is 6.77. The first-order valence-electron chi connectivity index (χ1n) is 9.26. The monoisotopic (exact) mass is 403 g/mol. The summed E-state index contributed by atoms with van der Waals surface area (Å²) in [5.74, 6) is -1.86. The third-order valence-corrected chi connectivity index (χ3v) is 4.89. The molecule has 1 aliphatic rings. The maximum atomic E-state index is 14.6. The summed E-state index contributed by atoms with van der Waals surface area (Å²) in [5.41, 5.74) is 1.60. The van der Waals surface area contributed by atoms with Crippen LogP contribution in [0.1, 0.15) is 21.5 Å². The highest BCUT2D eigenvalue weighted by atomic mass is 19.1. The van der Waals surface area contributed by atoms with Gasteiger partial charge in [0, 0.05) is 18.2 Å². The van der Waals surface area contributed by atoms with Gasteiger partial charge in [-0.25, -0.2) is 9.38 Å². The van der Waals surface area contributed by atoms with Crippen LogP contribution in [0, 0.1) is 5.82 Å². The molecule has 1 heterocycles. The molecule has 0 aromatic heterocycles. The number of carbonyl (C=O) groups excluding carboxylic acids is 2. The van der Waals surface area contributed by atoms with E-state index in [0.717, 1.165) is 0 Å². The van der Waals surface area contributed by atoms with Gasteiger partial charge in [-0.05, 0) is 30.3 Å². The summed E-state index contributed by atoms with van der Waals surface area (Å²) in [6, 6.07) is 19.1. The number of nitrogens with one attached hydrogen (secondary N) is 1. The average molecular weight is 403 g/mol. The molecule has 7 heteroatoms. The maximum Gasteiger partial charge on any atom is 0.272 e. The molecule has 0 saturated carbocycles. The first-order chi connectivity index (χ1) is 14.5. The van der Waals surface area contributed by atoms with Gasteiger partial charge in [-0.15, -0.1) is 0 Å². The zero-order chi connectivity index (χ0) is 21.3. The van der Waals surface area contributed by atoms with Gasteiger partial charge in [-0.1, -0.05) is 42.5 Å². The largest absolute Gasteiger partial charge is 0.507 e. The molecule has 1 aliphatic heterocycles. The quantitative estimate of drug-likeness (QED) is 0.705. The number of carbonyl (C=O) groups is 2. The highest BCUT2D eigenvalue weighted by Gasteiger charge is 2.32.